The van der Waals surface area contributed by atoms with Crippen LogP contribution in [0.25, 0.3) is 0 Å². The Labute approximate surface area is 107 Å². The maximum atomic E-state index is 5.38. The molecule has 5 nitrogen and oxygen atoms in total. The van der Waals surface area contributed by atoms with E-state index in [4.69, 9.17) is 5.84 Å². The van der Waals surface area contributed by atoms with E-state index in [1.54, 1.807) is 0 Å². The Morgan fingerprint density at radius 3 is 2.33 bits per heavy atom. The summed E-state index contributed by atoms with van der Waals surface area (Å²) in [6.07, 6.45) is 8.91. The van der Waals surface area contributed by atoms with Crippen molar-refractivity contribution in [3.05, 3.63) is 11.9 Å². The third kappa shape index (κ3) is 1.53. The van der Waals surface area contributed by atoms with E-state index in [2.05, 4.69) is 20.6 Å². The Hall–Kier alpha value is -1.23. The first-order chi connectivity index (χ1) is 8.83. The molecule has 4 aliphatic rings. The molecule has 1 aromatic heterocycles. The van der Waals surface area contributed by atoms with Crippen molar-refractivity contribution in [2.75, 3.05) is 5.43 Å². The average Bonchev–Trinajstić information content (AvgIpc) is 2.38. The van der Waals surface area contributed by atoms with Gasteiger partial charge in [0.25, 0.3) is 5.95 Å². The Morgan fingerprint density at radius 2 is 1.72 bits per heavy atom. The Kier molecular flexibility index (Phi) is 2.30. The van der Waals surface area contributed by atoms with E-state index < -0.39 is 0 Å². The molecule has 96 valence electrons. The first-order valence-corrected chi connectivity index (χ1v) is 6.99. The zero-order valence-corrected chi connectivity index (χ0v) is 10.4. The quantitative estimate of drug-likeness (QED) is 0.612. The van der Waals surface area contributed by atoms with Gasteiger partial charge in [0.15, 0.2) is 0 Å². The van der Waals surface area contributed by atoms with Gasteiger partial charge in [-0.2, -0.15) is 5.10 Å². The zero-order valence-electron chi connectivity index (χ0n) is 10.4. The number of nitrogen functional groups attached to an aromatic ring is 1. The molecule has 1 heterocycles. The van der Waals surface area contributed by atoms with Crippen LogP contribution in [-0.2, 0) is 0 Å². The molecule has 0 unspecified atom stereocenters. The van der Waals surface area contributed by atoms with Gasteiger partial charge in [0.2, 0.25) is 0 Å². The lowest BCUT2D eigenvalue weighted by atomic mass is 9.51. The average molecular weight is 245 g/mol. The number of anilines is 1. The minimum absolute atomic E-state index is 0.446. The minimum Gasteiger partial charge on any atom is -0.291 e. The maximum absolute atomic E-state index is 5.38. The van der Waals surface area contributed by atoms with Gasteiger partial charge in [-0.25, -0.2) is 10.8 Å². The fourth-order valence-corrected chi connectivity index (χ4v) is 4.95. The Bertz CT molecular complexity index is 432. The first-order valence-electron chi connectivity index (χ1n) is 6.99. The fourth-order valence-electron chi connectivity index (χ4n) is 4.95. The molecule has 0 spiro atoms. The summed E-state index contributed by atoms with van der Waals surface area (Å²) in [5, 5.41) is 7.91. The molecule has 0 radical (unpaired) electrons. The summed E-state index contributed by atoms with van der Waals surface area (Å²) in [6, 6.07) is 0. The van der Waals surface area contributed by atoms with Crippen LogP contribution in [0, 0.1) is 23.7 Å². The van der Waals surface area contributed by atoms with Crippen molar-refractivity contribution in [1.82, 2.24) is 15.2 Å². The van der Waals surface area contributed by atoms with Gasteiger partial charge >= 0.3 is 0 Å². The van der Waals surface area contributed by atoms with Crippen LogP contribution in [0.1, 0.15) is 43.7 Å². The van der Waals surface area contributed by atoms with Gasteiger partial charge in [-0.15, -0.1) is 5.10 Å². The highest BCUT2D eigenvalue weighted by Gasteiger charge is 2.49. The smallest absolute Gasteiger partial charge is 0.257 e. The summed E-state index contributed by atoms with van der Waals surface area (Å²) in [4.78, 5) is 4.53. The molecular formula is C13H19N5. The number of rotatable bonds is 2. The van der Waals surface area contributed by atoms with Crippen molar-refractivity contribution >= 4 is 5.95 Å². The van der Waals surface area contributed by atoms with Crippen LogP contribution < -0.4 is 11.3 Å². The lowest BCUT2D eigenvalue weighted by molar-refractivity contribution is -0.00429. The number of nitrogens with two attached hydrogens (primary N) is 1. The van der Waals surface area contributed by atoms with E-state index >= 15 is 0 Å². The lowest BCUT2D eigenvalue weighted by Crippen LogP contribution is -2.44. The summed E-state index contributed by atoms with van der Waals surface area (Å²) in [5.41, 5.74) is 3.61. The monoisotopic (exact) mass is 245 g/mol. The summed E-state index contributed by atoms with van der Waals surface area (Å²) >= 11 is 0. The number of nitrogens with one attached hydrogen (secondary N) is 1. The molecule has 0 atom stereocenters. The molecule has 4 aliphatic carbocycles. The molecule has 18 heavy (non-hydrogen) atoms. The second-order valence-corrected chi connectivity index (χ2v) is 6.31. The predicted octanol–water partition coefficient (Wildman–Crippen LogP) is 1.70. The third-order valence-corrected chi connectivity index (χ3v) is 5.27. The molecule has 5 rings (SSSR count). The normalized spacial score (nSPS) is 41.1. The van der Waals surface area contributed by atoms with Crippen LogP contribution in [-0.4, -0.2) is 15.2 Å². The molecule has 0 aromatic carbocycles. The third-order valence-electron chi connectivity index (χ3n) is 5.27. The zero-order chi connectivity index (χ0) is 12.1. The number of hydrogen-bond acceptors (Lipinski definition) is 5. The van der Waals surface area contributed by atoms with Crippen LogP contribution in [0.15, 0.2) is 6.20 Å². The highest BCUT2D eigenvalue weighted by Crippen LogP contribution is 2.59. The van der Waals surface area contributed by atoms with Gasteiger partial charge in [0.1, 0.15) is 0 Å². The van der Waals surface area contributed by atoms with E-state index in [9.17, 15) is 0 Å². The molecule has 4 fully saturated rings. The highest BCUT2D eigenvalue weighted by molar-refractivity contribution is 5.23. The standard InChI is InChI=1S/C13H19N5/c14-17-13-16-11(6-15-18-13)12-9-2-7-1-8(4-9)5-10(12)3-7/h6-10,12H,1-5,14H2,(H,16,17,18). The predicted molar refractivity (Wildman–Crippen MR) is 67.4 cm³/mol. The van der Waals surface area contributed by atoms with Crippen LogP contribution in [0.5, 0.6) is 0 Å². The highest BCUT2D eigenvalue weighted by atomic mass is 15.3. The van der Waals surface area contributed by atoms with Crippen molar-refractivity contribution < 1.29 is 0 Å². The van der Waals surface area contributed by atoms with Crippen LogP contribution in [0.2, 0.25) is 0 Å². The van der Waals surface area contributed by atoms with E-state index in [1.165, 1.54) is 32.1 Å². The summed E-state index contributed by atoms with van der Waals surface area (Å²) in [7, 11) is 0. The van der Waals surface area contributed by atoms with Crippen molar-refractivity contribution in [2.24, 2.45) is 29.5 Å². The van der Waals surface area contributed by atoms with E-state index in [0.717, 1.165) is 29.4 Å². The van der Waals surface area contributed by atoms with E-state index in [-0.39, 0.29) is 0 Å². The molecule has 5 heteroatoms. The summed E-state index contributed by atoms with van der Waals surface area (Å²) < 4.78 is 0. The van der Waals surface area contributed by atoms with Gasteiger partial charge in [0.05, 0.1) is 11.9 Å². The van der Waals surface area contributed by atoms with Crippen molar-refractivity contribution in [1.29, 1.82) is 0 Å². The van der Waals surface area contributed by atoms with Crippen LogP contribution in [0.3, 0.4) is 0 Å². The SMILES string of the molecule is NNc1nncc(C2C3CC4CC(C3)CC2C4)n1. The molecule has 4 bridgehead atoms. The topological polar surface area (TPSA) is 76.7 Å². The molecule has 4 saturated carbocycles. The first kappa shape index (κ1) is 10.7. The fraction of sp³-hybridized carbons (Fsp3) is 0.769. The Morgan fingerprint density at radius 1 is 1.06 bits per heavy atom. The number of hydrazine groups is 1. The number of aromatic nitrogens is 3. The maximum Gasteiger partial charge on any atom is 0.257 e. The molecular weight excluding hydrogens is 226 g/mol. The second kappa shape index (κ2) is 3.88. The minimum atomic E-state index is 0.446. The number of hydrogen-bond donors (Lipinski definition) is 2. The van der Waals surface area contributed by atoms with Crippen LogP contribution in [0.4, 0.5) is 5.95 Å². The summed E-state index contributed by atoms with van der Waals surface area (Å²) in [5.74, 6) is 10.0. The van der Waals surface area contributed by atoms with Crippen molar-refractivity contribution in [3.8, 4) is 0 Å². The van der Waals surface area contributed by atoms with Gasteiger partial charge in [-0.3, -0.25) is 5.43 Å². The number of nitrogens with zero attached hydrogens (tertiary/aromatic N) is 3. The molecule has 0 amide bonds. The van der Waals surface area contributed by atoms with E-state index in [1.807, 2.05) is 6.20 Å². The molecule has 3 N–H and O–H groups in total. The molecule has 0 aliphatic heterocycles. The second-order valence-electron chi connectivity index (χ2n) is 6.31. The van der Waals surface area contributed by atoms with Gasteiger partial charge in [-0.1, -0.05) is 0 Å². The molecule has 1 aromatic rings. The molecule has 0 saturated heterocycles. The summed E-state index contributed by atoms with van der Waals surface area (Å²) in [6.45, 7) is 0. The van der Waals surface area contributed by atoms with Crippen LogP contribution >= 0.6 is 0 Å². The largest absolute Gasteiger partial charge is 0.291 e. The van der Waals surface area contributed by atoms with Gasteiger partial charge < -0.3 is 0 Å². The van der Waals surface area contributed by atoms with E-state index in [0.29, 0.717) is 11.9 Å². The lowest BCUT2D eigenvalue weighted by Gasteiger charge is -2.54. The Balaban J connectivity index is 1.68. The van der Waals surface area contributed by atoms with Crippen molar-refractivity contribution in [3.63, 3.8) is 0 Å². The van der Waals surface area contributed by atoms with Crippen molar-refractivity contribution in [2.45, 2.75) is 38.0 Å². The van der Waals surface area contributed by atoms with Gasteiger partial charge in [-0.05, 0) is 55.8 Å². The van der Waals surface area contributed by atoms with Gasteiger partial charge in [0, 0.05) is 5.92 Å².